The van der Waals surface area contributed by atoms with Crippen molar-refractivity contribution in [3.05, 3.63) is 53.6 Å². The molecule has 0 radical (unpaired) electrons. The molecule has 0 nitrogen and oxygen atoms in total. The van der Waals surface area contributed by atoms with Crippen LogP contribution in [0.4, 0.5) is 4.39 Å². The molecular weight excluding hydrogens is 199 g/mol. The van der Waals surface area contributed by atoms with Crippen LogP contribution in [0.15, 0.2) is 48.1 Å². The third-order valence-corrected chi connectivity index (χ3v) is 2.98. The Kier molecular flexibility index (Phi) is 3.55. The minimum atomic E-state index is -0.792. The number of halogens is 1. The number of rotatable bonds is 3. The molecule has 1 aromatic carbocycles. The summed E-state index contributed by atoms with van der Waals surface area (Å²) in [6, 6.07) is 10.1. The van der Waals surface area contributed by atoms with Crippen molar-refractivity contribution in [3.63, 3.8) is 0 Å². The maximum absolute atomic E-state index is 13.9. The Morgan fingerprint density at radius 1 is 1.19 bits per heavy atom. The molecular formula is C15H17F. The van der Waals surface area contributed by atoms with Gasteiger partial charge in [0.2, 0.25) is 0 Å². The molecule has 0 saturated heterocycles. The Labute approximate surface area is 96.5 Å². The summed E-state index contributed by atoms with van der Waals surface area (Å²) in [4.78, 5) is 0. The van der Waals surface area contributed by atoms with Crippen LogP contribution in [0.1, 0.15) is 31.7 Å². The number of hydrogen-bond acceptors (Lipinski definition) is 0. The second kappa shape index (κ2) is 5.11. The van der Waals surface area contributed by atoms with Gasteiger partial charge in [-0.15, -0.1) is 0 Å². The Bertz CT molecular complexity index is 401. The lowest BCUT2D eigenvalue weighted by Gasteiger charge is -2.18. The molecule has 0 aliphatic heterocycles. The van der Waals surface area contributed by atoms with Gasteiger partial charge in [-0.2, -0.15) is 0 Å². The monoisotopic (exact) mass is 216 g/mol. The zero-order valence-corrected chi connectivity index (χ0v) is 9.62. The number of allylic oxidation sites excluding steroid dienone is 4. The summed E-state index contributed by atoms with van der Waals surface area (Å²) < 4.78 is 13.9. The van der Waals surface area contributed by atoms with Gasteiger partial charge < -0.3 is 0 Å². The molecule has 0 amide bonds. The first-order valence-corrected chi connectivity index (χ1v) is 5.90. The lowest BCUT2D eigenvalue weighted by atomic mass is 9.90. The van der Waals surface area contributed by atoms with E-state index in [0.717, 1.165) is 29.6 Å². The summed E-state index contributed by atoms with van der Waals surface area (Å²) in [5, 5.41) is 0. The maximum Gasteiger partial charge on any atom is 0.125 e. The molecule has 0 fully saturated rings. The van der Waals surface area contributed by atoms with Crippen LogP contribution in [0.5, 0.6) is 0 Å². The van der Waals surface area contributed by atoms with E-state index in [0.29, 0.717) is 6.42 Å². The predicted octanol–water partition coefficient (Wildman–Crippen LogP) is 4.54. The molecule has 16 heavy (non-hydrogen) atoms. The van der Waals surface area contributed by atoms with E-state index in [1.807, 2.05) is 36.4 Å². The Morgan fingerprint density at radius 3 is 2.56 bits per heavy atom. The molecule has 1 atom stereocenters. The topological polar surface area (TPSA) is 0 Å². The molecule has 0 bridgehead atoms. The van der Waals surface area contributed by atoms with Crippen LogP contribution in [-0.4, -0.2) is 6.17 Å². The number of hydrogen-bond donors (Lipinski definition) is 0. The third-order valence-electron chi connectivity index (χ3n) is 2.98. The van der Waals surface area contributed by atoms with Gasteiger partial charge in [0.1, 0.15) is 6.17 Å². The molecule has 1 unspecified atom stereocenters. The number of alkyl halides is 1. The summed E-state index contributed by atoms with van der Waals surface area (Å²) in [5.41, 5.74) is 3.19. The molecule has 0 saturated carbocycles. The first-order valence-electron chi connectivity index (χ1n) is 5.90. The highest BCUT2D eigenvalue weighted by molar-refractivity contribution is 5.69. The van der Waals surface area contributed by atoms with E-state index >= 15 is 0 Å². The van der Waals surface area contributed by atoms with E-state index in [-0.39, 0.29) is 0 Å². The van der Waals surface area contributed by atoms with Gasteiger partial charge in [0, 0.05) is 6.42 Å². The Hall–Kier alpha value is -1.37. The van der Waals surface area contributed by atoms with Gasteiger partial charge in [0.05, 0.1) is 0 Å². The van der Waals surface area contributed by atoms with Crippen molar-refractivity contribution >= 4 is 5.57 Å². The van der Waals surface area contributed by atoms with Crippen molar-refractivity contribution in [2.45, 2.75) is 32.4 Å². The summed E-state index contributed by atoms with van der Waals surface area (Å²) in [6.45, 7) is 2.09. The van der Waals surface area contributed by atoms with E-state index in [2.05, 4.69) is 13.0 Å². The van der Waals surface area contributed by atoms with Crippen LogP contribution in [0.3, 0.4) is 0 Å². The van der Waals surface area contributed by atoms with Gasteiger partial charge in [0.25, 0.3) is 0 Å². The predicted molar refractivity (Wildman–Crippen MR) is 66.9 cm³/mol. The first kappa shape index (κ1) is 11.1. The zero-order chi connectivity index (χ0) is 11.4. The molecule has 0 N–H and O–H groups in total. The van der Waals surface area contributed by atoms with Crippen LogP contribution < -0.4 is 0 Å². The normalized spacial score (nSPS) is 20.2. The summed E-state index contributed by atoms with van der Waals surface area (Å²) in [5.74, 6) is 0. The molecule has 0 aromatic heterocycles. The minimum Gasteiger partial charge on any atom is -0.242 e. The SMILES string of the molecule is CCCC1=CC=C(c2ccccc2)CC1F. The van der Waals surface area contributed by atoms with E-state index in [1.165, 1.54) is 0 Å². The standard InChI is InChI=1S/C15H17F/c1-2-6-13-9-10-14(11-15(13)16)12-7-4-3-5-8-12/h3-5,7-10,15H,2,6,11H2,1H3. The fourth-order valence-corrected chi connectivity index (χ4v) is 2.10. The highest BCUT2D eigenvalue weighted by Gasteiger charge is 2.18. The van der Waals surface area contributed by atoms with Gasteiger partial charge in [-0.1, -0.05) is 55.8 Å². The van der Waals surface area contributed by atoms with Crippen LogP contribution in [0, 0.1) is 0 Å². The van der Waals surface area contributed by atoms with E-state index in [9.17, 15) is 4.39 Å². The second-order valence-electron chi connectivity index (χ2n) is 4.22. The number of benzene rings is 1. The lowest BCUT2D eigenvalue weighted by molar-refractivity contribution is 0.377. The average Bonchev–Trinajstić information content (AvgIpc) is 2.33. The molecule has 1 aromatic rings. The fourth-order valence-electron chi connectivity index (χ4n) is 2.10. The van der Waals surface area contributed by atoms with Crippen molar-refractivity contribution in [1.82, 2.24) is 0 Å². The van der Waals surface area contributed by atoms with Gasteiger partial charge >= 0.3 is 0 Å². The molecule has 84 valence electrons. The highest BCUT2D eigenvalue weighted by Crippen LogP contribution is 2.30. The van der Waals surface area contributed by atoms with Crippen LogP contribution in [0.2, 0.25) is 0 Å². The van der Waals surface area contributed by atoms with Gasteiger partial charge in [0.15, 0.2) is 0 Å². The molecule has 2 rings (SSSR count). The van der Waals surface area contributed by atoms with Crippen LogP contribution in [0.25, 0.3) is 5.57 Å². The smallest absolute Gasteiger partial charge is 0.125 e. The Morgan fingerprint density at radius 2 is 1.94 bits per heavy atom. The van der Waals surface area contributed by atoms with Crippen molar-refractivity contribution < 1.29 is 4.39 Å². The van der Waals surface area contributed by atoms with Crippen molar-refractivity contribution in [1.29, 1.82) is 0 Å². The summed E-state index contributed by atoms with van der Waals surface area (Å²) >= 11 is 0. The van der Waals surface area contributed by atoms with Crippen molar-refractivity contribution in [3.8, 4) is 0 Å². The Balaban J connectivity index is 2.21. The van der Waals surface area contributed by atoms with Crippen molar-refractivity contribution in [2.75, 3.05) is 0 Å². The summed E-state index contributed by atoms with van der Waals surface area (Å²) in [6.07, 6.45) is 5.65. The molecule has 1 aliphatic carbocycles. The molecule has 1 aliphatic rings. The van der Waals surface area contributed by atoms with Crippen LogP contribution in [-0.2, 0) is 0 Å². The minimum absolute atomic E-state index is 0.524. The highest BCUT2D eigenvalue weighted by atomic mass is 19.1. The van der Waals surface area contributed by atoms with E-state index in [1.54, 1.807) is 0 Å². The largest absolute Gasteiger partial charge is 0.242 e. The van der Waals surface area contributed by atoms with Gasteiger partial charge in [-0.25, -0.2) is 4.39 Å². The van der Waals surface area contributed by atoms with Gasteiger partial charge in [-0.05, 0) is 23.1 Å². The fraction of sp³-hybridized carbons (Fsp3) is 0.333. The molecule has 0 heterocycles. The average molecular weight is 216 g/mol. The van der Waals surface area contributed by atoms with Gasteiger partial charge in [-0.3, -0.25) is 0 Å². The van der Waals surface area contributed by atoms with E-state index < -0.39 is 6.17 Å². The first-order chi connectivity index (χ1) is 7.81. The molecule has 1 heteroatoms. The second-order valence-corrected chi connectivity index (χ2v) is 4.22. The third kappa shape index (κ3) is 2.41. The van der Waals surface area contributed by atoms with E-state index in [4.69, 9.17) is 0 Å². The van der Waals surface area contributed by atoms with Crippen molar-refractivity contribution in [2.24, 2.45) is 0 Å². The lowest BCUT2D eigenvalue weighted by Crippen LogP contribution is -2.09. The maximum atomic E-state index is 13.9. The quantitative estimate of drug-likeness (QED) is 0.696. The zero-order valence-electron chi connectivity index (χ0n) is 9.62. The summed E-state index contributed by atoms with van der Waals surface area (Å²) in [7, 11) is 0. The van der Waals surface area contributed by atoms with Crippen LogP contribution >= 0.6 is 0 Å². The molecule has 0 spiro atoms.